The number of carbonyl (C=O) groups is 2. The summed E-state index contributed by atoms with van der Waals surface area (Å²) < 4.78 is 13.0. The molecule has 0 aromatic heterocycles. The van der Waals surface area contributed by atoms with E-state index in [2.05, 4.69) is 5.32 Å². The molecular weight excluding hydrogens is 237 g/mol. The van der Waals surface area contributed by atoms with Crippen LogP contribution in [0.3, 0.4) is 0 Å². The highest BCUT2D eigenvalue weighted by Crippen LogP contribution is 2.19. The molecule has 0 aliphatic carbocycles. The summed E-state index contributed by atoms with van der Waals surface area (Å²) in [6.07, 6.45) is 0.126. The van der Waals surface area contributed by atoms with Crippen molar-refractivity contribution in [3.8, 4) is 0 Å². The minimum atomic E-state index is -1.08. The molecular formula is C13H16FNO3. The number of amides is 1. The van der Waals surface area contributed by atoms with Gasteiger partial charge in [0, 0.05) is 6.42 Å². The lowest BCUT2D eigenvalue weighted by atomic mass is 9.97. The van der Waals surface area contributed by atoms with Crippen molar-refractivity contribution in [2.45, 2.75) is 32.2 Å². The molecule has 1 amide bonds. The molecule has 0 bridgehead atoms. The fraction of sp³-hybridized carbons (Fsp3) is 0.385. The largest absolute Gasteiger partial charge is 0.480 e. The molecule has 1 unspecified atom stereocenters. The zero-order chi connectivity index (χ0) is 13.7. The number of aliphatic carboxylic acids is 1. The normalized spacial score (nSPS) is 13.7. The molecule has 4 nitrogen and oxygen atoms in total. The average Bonchev–Trinajstić information content (AvgIpc) is 2.28. The molecule has 5 heteroatoms. The van der Waals surface area contributed by atoms with Crippen molar-refractivity contribution in [1.82, 2.24) is 5.32 Å². The van der Waals surface area contributed by atoms with Crippen LogP contribution in [-0.4, -0.2) is 23.0 Å². The summed E-state index contributed by atoms with van der Waals surface area (Å²) in [5.74, 6) is -1.95. The van der Waals surface area contributed by atoms with Crippen LogP contribution in [0.15, 0.2) is 24.3 Å². The summed E-state index contributed by atoms with van der Waals surface area (Å²) in [7, 11) is 0. The van der Waals surface area contributed by atoms with E-state index >= 15 is 0 Å². The second-order valence-electron chi connectivity index (χ2n) is 4.29. The Morgan fingerprint density at radius 2 is 2.06 bits per heavy atom. The summed E-state index contributed by atoms with van der Waals surface area (Å²) in [6.45, 7) is 3.19. The van der Waals surface area contributed by atoms with Crippen LogP contribution in [0, 0.1) is 5.82 Å². The first kappa shape index (κ1) is 14.2. The maximum Gasteiger partial charge on any atom is 0.325 e. The van der Waals surface area contributed by atoms with Gasteiger partial charge in [-0.05, 0) is 30.5 Å². The summed E-state index contributed by atoms with van der Waals surface area (Å²) >= 11 is 0. The molecule has 0 saturated carbocycles. The molecule has 0 spiro atoms. The van der Waals surface area contributed by atoms with Crippen LogP contribution in [0.1, 0.15) is 31.7 Å². The SMILES string of the molecule is CC(CC(=O)N[C@@H](C)C(=O)O)c1cccc(F)c1. The van der Waals surface area contributed by atoms with Gasteiger partial charge in [0.05, 0.1) is 0 Å². The van der Waals surface area contributed by atoms with Gasteiger partial charge >= 0.3 is 5.97 Å². The number of carboxylic acid groups (broad SMARTS) is 1. The van der Waals surface area contributed by atoms with E-state index in [0.717, 1.165) is 0 Å². The molecule has 1 aromatic rings. The van der Waals surface area contributed by atoms with E-state index < -0.39 is 12.0 Å². The Labute approximate surface area is 105 Å². The summed E-state index contributed by atoms with van der Waals surface area (Å²) in [5, 5.41) is 11.0. The Morgan fingerprint density at radius 1 is 1.39 bits per heavy atom. The first-order valence-corrected chi connectivity index (χ1v) is 5.67. The average molecular weight is 253 g/mol. The Bertz CT molecular complexity index is 448. The van der Waals surface area contributed by atoms with Gasteiger partial charge in [0.2, 0.25) is 5.91 Å². The third kappa shape index (κ3) is 4.16. The number of nitrogens with one attached hydrogen (secondary N) is 1. The van der Waals surface area contributed by atoms with E-state index in [1.807, 2.05) is 0 Å². The van der Waals surface area contributed by atoms with E-state index in [9.17, 15) is 14.0 Å². The van der Waals surface area contributed by atoms with Gasteiger partial charge < -0.3 is 10.4 Å². The summed E-state index contributed by atoms with van der Waals surface area (Å²) in [6, 6.07) is 5.11. The van der Waals surface area contributed by atoms with Gasteiger partial charge in [0.1, 0.15) is 11.9 Å². The Hall–Kier alpha value is -1.91. The van der Waals surface area contributed by atoms with Gasteiger partial charge in [-0.1, -0.05) is 19.1 Å². The topological polar surface area (TPSA) is 66.4 Å². The van der Waals surface area contributed by atoms with E-state index in [-0.39, 0.29) is 24.1 Å². The smallest absolute Gasteiger partial charge is 0.325 e. The molecule has 2 N–H and O–H groups in total. The fourth-order valence-corrected chi connectivity index (χ4v) is 1.57. The van der Waals surface area contributed by atoms with E-state index in [1.54, 1.807) is 19.1 Å². The highest BCUT2D eigenvalue weighted by molar-refractivity contribution is 5.83. The number of carbonyl (C=O) groups excluding carboxylic acids is 1. The zero-order valence-corrected chi connectivity index (χ0v) is 10.3. The molecule has 1 aromatic carbocycles. The molecule has 18 heavy (non-hydrogen) atoms. The lowest BCUT2D eigenvalue weighted by molar-refractivity contribution is -0.141. The van der Waals surface area contributed by atoms with Crippen LogP contribution >= 0.6 is 0 Å². The lowest BCUT2D eigenvalue weighted by Gasteiger charge is -2.14. The first-order chi connectivity index (χ1) is 8.40. The predicted molar refractivity (Wildman–Crippen MR) is 64.7 cm³/mol. The molecule has 0 saturated heterocycles. The predicted octanol–water partition coefficient (Wildman–Crippen LogP) is 1.91. The molecule has 98 valence electrons. The minimum Gasteiger partial charge on any atom is -0.480 e. The van der Waals surface area contributed by atoms with E-state index in [0.29, 0.717) is 5.56 Å². The fourth-order valence-electron chi connectivity index (χ4n) is 1.57. The monoisotopic (exact) mass is 253 g/mol. The maximum atomic E-state index is 13.0. The number of rotatable bonds is 5. The Morgan fingerprint density at radius 3 is 2.61 bits per heavy atom. The number of carboxylic acids is 1. The highest BCUT2D eigenvalue weighted by atomic mass is 19.1. The van der Waals surface area contributed by atoms with Crippen LogP contribution in [0.5, 0.6) is 0 Å². The third-order valence-corrected chi connectivity index (χ3v) is 2.66. The van der Waals surface area contributed by atoms with Crippen molar-refractivity contribution in [1.29, 1.82) is 0 Å². The van der Waals surface area contributed by atoms with Crippen molar-refractivity contribution >= 4 is 11.9 Å². The van der Waals surface area contributed by atoms with Crippen molar-refractivity contribution in [3.05, 3.63) is 35.6 Å². The molecule has 1 rings (SSSR count). The van der Waals surface area contributed by atoms with E-state index in [4.69, 9.17) is 5.11 Å². The first-order valence-electron chi connectivity index (χ1n) is 5.67. The van der Waals surface area contributed by atoms with Gasteiger partial charge in [-0.15, -0.1) is 0 Å². The zero-order valence-electron chi connectivity index (χ0n) is 10.3. The van der Waals surface area contributed by atoms with Gasteiger partial charge in [-0.3, -0.25) is 9.59 Å². The molecule has 0 aliphatic heterocycles. The second kappa shape index (κ2) is 6.14. The van der Waals surface area contributed by atoms with Crippen molar-refractivity contribution in [2.75, 3.05) is 0 Å². The quantitative estimate of drug-likeness (QED) is 0.842. The summed E-state index contributed by atoms with van der Waals surface area (Å²) in [5.41, 5.74) is 0.716. The number of halogens is 1. The van der Waals surface area contributed by atoms with Crippen molar-refractivity contribution in [2.24, 2.45) is 0 Å². The van der Waals surface area contributed by atoms with Crippen LogP contribution < -0.4 is 5.32 Å². The van der Waals surface area contributed by atoms with Gasteiger partial charge in [0.25, 0.3) is 0 Å². The maximum absolute atomic E-state index is 13.0. The Kier molecular flexibility index (Phi) is 4.83. The van der Waals surface area contributed by atoms with Gasteiger partial charge in [-0.25, -0.2) is 4.39 Å². The van der Waals surface area contributed by atoms with Crippen LogP contribution in [0.4, 0.5) is 4.39 Å². The molecule has 0 heterocycles. The van der Waals surface area contributed by atoms with Gasteiger partial charge in [0.15, 0.2) is 0 Å². The molecule has 2 atom stereocenters. The van der Waals surface area contributed by atoms with Crippen LogP contribution in [0.25, 0.3) is 0 Å². The number of hydrogen-bond donors (Lipinski definition) is 2. The van der Waals surface area contributed by atoms with Gasteiger partial charge in [-0.2, -0.15) is 0 Å². The lowest BCUT2D eigenvalue weighted by Crippen LogP contribution is -2.38. The van der Waals surface area contributed by atoms with Crippen molar-refractivity contribution < 1.29 is 19.1 Å². The minimum absolute atomic E-state index is 0.126. The highest BCUT2D eigenvalue weighted by Gasteiger charge is 2.17. The van der Waals surface area contributed by atoms with Crippen LogP contribution in [-0.2, 0) is 9.59 Å². The second-order valence-corrected chi connectivity index (χ2v) is 4.29. The van der Waals surface area contributed by atoms with E-state index in [1.165, 1.54) is 19.1 Å². The van der Waals surface area contributed by atoms with Crippen molar-refractivity contribution in [3.63, 3.8) is 0 Å². The number of hydrogen-bond acceptors (Lipinski definition) is 2. The Balaban J connectivity index is 2.57. The molecule has 0 aliphatic rings. The van der Waals surface area contributed by atoms with Crippen LogP contribution in [0.2, 0.25) is 0 Å². The molecule has 0 fully saturated rings. The molecule has 0 radical (unpaired) electrons. The third-order valence-electron chi connectivity index (χ3n) is 2.66. The number of benzene rings is 1. The summed E-state index contributed by atoms with van der Waals surface area (Å²) in [4.78, 5) is 22.1. The standard InChI is InChI=1S/C13H16FNO3/c1-8(10-4-3-5-11(14)7-10)6-12(16)15-9(2)13(17)18/h3-5,7-9H,6H2,1-2H3,(H,15,16)(H,17,18)/t8?,9-/m0/s1.